The first-order valence-corrected chi connectivity index (χ1v) is 6.27. The molecule has 0 aromatic heterocycles. The molecule has 0 saturated carbocycles. The third-order valence-electron chi connectivity index (χ3n) is 2.57. The van der Waals surface area contributed by atoms with Crippen LogP contribution in [0.3, 0.4) is 0 Å². The molecular weight excluding hydrogens is 210 g/mol. The van der Waals surface area contributed by atoms with Crippen molar-refractivity contribution in [2.24, 2.45) is 0 Å². The van der Waals surface area contributed by atoms with Crippen LogP contribution in [0.4, 0.5) is 0 Å². The fourth-order valence-corrected chi connectivity index (χ4v) is 1.73. The van der Waals surface area contributed by atoms with E-state index in [4.69, 9.17) is 4.74 Å². The zero-order chi connectivity index (χ0) is 12.5. The van der Waals surface area contributed by atoms with Crippen molar-refractivity contribution >= 4 is 0 Å². The summed E-state index contributed by atoms with van der Waals surface area (Å²) in [5.41, 5.74) is 1.22. The predicted octanol–water partition coefficient (Wildman–Crippen LogP) is 3.35. The van der Waals surface area contributed by atoms with Gasteiger partial charge in [0.05, 0.1) is 6.61 Å². The Hall–Kier alpha value is -1.28. The number of para-hydroxylation sites is 1. The van der Waals surface area contributed by atoms with Crippen LogP contribution in [0.25, 0.3) is 0 Å². The van der Waals surface area contributed by atoms with Crippen molar-refractivity contribution in [3.63, 3.8) is 0 Å². The average molecular weight is 233 g/mol. The maximum Gasteiger partial charge on any atom is 0.119 e. The van der Waals surface area contributed by atoms with E-state index in [0.717, 1.165) is 38.4 Å². The minimum atomic E-state index is 0.775. The highest BCUT2D eigenvalue weighted by atomic mass is 16.5. The van der Waals surface area contributed by atoms with E-state index in [1.54, 1.807) is 0 Å². The van der Waals surface area contributed by atoms with E-state index >= 15 is 0 Å². The lowest BCUT2D eigenvalue weighted by atomic mass is 10.3. The van der Waals surface area contributed by atoms with E-state index in [1.165, 1.54) is 5.57 Å². The van der Waals surface area contributed by atoms with E-state index in [2.05, 4.69) is 25.3 Å². The van der Waals surface area contributed by atoms with Gasteiger partial charge in [0.2, 0.25) is 0 Å². The van der Waals surface area contributed by atoms with Crippen molar-refractivity contribution in [2.45, 2.75) is 20.3 Å². The smallest absolute Gasteiger partial charge is 0.119 e. The van der Waals surface area contributed by atoms with Crippen LogP contribution in [0.5, 0.6) is 5.75 Å². The van der Waals surface area contributed by atoms with Crippen molar-refractivity contribution < 1.29 is 4.74 Å². The van der Waals surface area contributed by atoms with Gasteiger partial charge in [0.15, 0.2) is 0 Å². The summed E-state index contributed by atoms with van der Waals surface area (Å²) in [7, 11) is 0. The molecule has 0 atom stereocenters. The molecule has 0 bridgehead atoms. The van der Waals surface area contributed by atoms with E-state index in [0.29, 0.717) is 0 Å². The zero-order valence-electron chi connectivity index (χ0n) is 11.0. The van der Waals surface area contributed by atoms with Gasteiger partial charge >= 0.3 is 0 Å². The normalized spacial score (nSPS) is 10.5. The Kier molecular flexibility index (Phi) is 6.41. The van der Waals surface area contributed by atoms with Gasteiger partial charge < -0.3 is 4.74 Å². The molecule has 0 heterocycles. The number of ether oxygens (including phenoxy) is 1. The number of hydrogen-bond donors (Lipinski definition) is 0. The summed E-state index contributed by atoms with van der Waals surface area (Å²) in [6, 6.07) is 9.97. The predicted molar refractivity (Wildman–Crippen MR) is 73.5 cm³/mol. The molecular formula is C15H23NO. The Morgan fingerprint density at radius 1 is 1.29 bits per heavy atom. The maximum absolute atomic E-state index is 5.66. The van der Waals surface area contributed by atoms with Crippen molar-refractivity contribution in [2.75, 3.05) is 26.2 Å². The molecule has 0 aliphatic carbocycles. The van der Waals surface area contributed by atoms with Gasteiger partial charge in [-0.1, -0.05) is 37.3 Å². The molecule has 94 valence electrons. The van der Waals surface area contributed by atoms with Gasteiger partial charge in [0.25, 0.3) is 0 Å². The number of benzene rings is 1. The van der Waals surface area contributed by atoms with Gasteiger partial charge in [0.1, 0.15) is 5.75 Å². The first-order chi connectivity index (χ1) is 8.22. The van der Waals surface area contributed by atoms with Gasteiger partial charge in [0, 0.05) is 13.1 Å². The largest absolute Gasteiger partial charge is 0.494 e. The summed E-state index contributed by atoms with van der Waals surface area (Å²) < 4.78 is 5.66. The summed E-state index contributed by atoms with van der Waals surface area (Å²) in [4.78, 5) is 2.39. The van der Waals surface area contributed by atoms with Crippen molar-refractivity contribution in [3.05, 3.63) is 42.5 Å². The molecule has 0 amide bonds. The Morgan fingerprint density at radius 3 is 2.59 bits per heavy atom. The molecule has 0 aliphatic heterocycles. The van der Waals surface area contributed by atoms with E-state index < -0.39 is 0 Å². The second kappa shape index (κ2) is 7.91. The first kappa shape index (κ1) is 13.8. The van der Waals surface area contributed by atoms with E-state index in [-0.39, 0.29) is 0 Å². The number of nitrogens with zero attached hydrogens (tertiary/aromatic N) is 1. The molecule has 0 radical (unpaired) electrons. The molecule has 1 aromatic carbocycles. The molecule has 2 nitrogen and oxygen atoms in total. The van der Waals surface area contributed by atoms with Crippen molar-refractivity contribution in [1.82, 2.24) is 4.90 Å². The molecule has 0 saturated heterocycles. The first-order valence-electron chi connectivity index (χ1n) is 6.27. The molecule has 0 aliphatic rings. The van der Waals surface area contributed by atoms with Gasteiger partial charge in [-0.15, -0.1) is 0 Å². The highest BCUT2D eigenvalue weighted by molar-refractivity contribution is 5.20. The number of rotatable bonds is 8. The molecule has 1 aromatic rings. The molecule has 1 rings (SSSR count). The second-order valence-electron chi connectivity index (χ2n) is 4.34. The van der Waals surface area contributed by atoms with Gasteiger partial charge in [-0.3, -0.25) is 4.90 Å². The van der Waals surface area contributed by atoms with Crippen LogP contribution in [0.2, 0.25) is 0 Å². The van der Waals surface area contributed by atoms with E-state index in [1.807, 2.05) is 30.3 Å². The monoisotopic (exact) mass is 233 g/mol. The minimum absolute atomic E-state index is 0.775. The van der Waals surface area contributed by atoms with Crippen LogP contribution < -0.4 is 4.74 Å². The van der Waals surface area contributed by atoms with Crippen LogP contribution in [0.15, 0.2) is 42.5 Å². The summed E-state index contributed by atoms with van der Waals surface area (Å²) in [5.74, 6) is 0.954. The van der Waals surface area contributed by atoms with Crippen molar-refractivity contribution in [3.8, 4) is 5.75 Å². The molecule has 0 unspecified atom stereocenters. The van der Waals surface area contributed by atoms with Crippen LogP contribution in [0.1, 0.15) is 20.3 Å². The Balaban J connectivity index is 2.16. The topological polar surface area (TPSA) is 12.5 Å². The number of hydrogen-bond acceptors (Lipinski definition) is 2. The third-order valence-corrected chi connectivity index (χ3v) is 2.57. The molecule has 17 heavy (non-hydrogen) atoms. The average Bonchev–Trinajstić information content (AvgIpc) is 2.34. The van der Waals surface area contributed by atoms with Crippen molar-refractivity contribution in [1.29, 1.82) is 0 Å². The Bertz CT molecular complexity index is 321. The van der Waals surface area contributed by atoms with Crippen LogP contribution in [0, 0.1) is 0 Å². The Labute approximate surface area is 105 Å². The lowest BCUT2D eigenvalue weighted by Crippen LogP contribution is -2.27. The van der Waals surface area contributed by atoms with Crippen LogP contribution >= 0.6 is 0 Å². The second-order valence-corrected chi connectivity index (χ2v) is 4.34. The highest BCUT2D eigenvalue weighted by Crippen LogP contribution is 2.08. The van der Waals surface area contributed by atoms with Gasteiger partial charge in [-0.25, -0.2) is 0 Å². The summed E-state index contributed by atoms with van der Waals surface area (Å²) >= 11 is 0. The SMILES string of the molecule is C=C(C)CN(CC)CCCOc1ccccc1. The van der Waals surface area contributed by atoms with Crippen LogP contribution in [-0.2, 0) is 0 Å². The fraction of sp³-hybridized carbons (Fsp3) is 0.467. The van der Waals surface area contributed by atoms with E-state index in [9.17, 15) is 0 Å². The van der Waals surface area contributed by atoms with Crippen LogP contribution in [-0.4, -0.2) is 31.1 Å². The lowest BCUT2D eigenvalue weighted by molar-refractivity contribution is 0.253. The third kappa shape index (κ3) is 6.12. The molecule has 0 fully saturated rings. The molecule has 2 heteroatoms. The fourth-order valence-electron chi connectivity index (χ4n) is 1.73. The summed E-state index contributed by atoms with van der Waals surface area (Å²) in [5, 5.41) is 0. The Morgan fingerprint density at radius 2 is 2.00 bits per heavy atom. The summed E-state index contributed by atoms with van der Waals surface area (Å²) in [6.45, 7) is 12.1. The molecule has 0 N–H and O–H groups in total. The molecule has 0 spiro atoms. The number of likely N-dealkylation sites (N-methyl/N-ethyl adjacent to an activating group) is 1. The highest BCUT2D eigenvalue weighted by Gasteiger charge is 2.01. The standard InChI is InChI=1S/C15H23NO/c1-4-16(13-14(2)3)11-8-12-17-15-9-6-5-7-10-15/h5-7,9-10H,2,4,8,11-13H2,1,3H3. The zero-order valence-corrected chi connectivity index (χ0v) is 11.0. The maximum atomic E-state index is 5.66. The van der Waals surface area contributed by atoms with Gasteiger partial charge in [-0.2, -0.15) is 0 Å². The quantitative estimate of drug-likeness (QED) is 0.504. The summed E-state index contributed by atoms with van der Waals surface area (Å²) in [6.07, 6.45) is 1.05. The lowest BCUT2D eigenvalue weighted by Gasteiger charge is -2.20. The van der Waals surface area contributed by atoms with Gasteiger partial charge in [-0.05, 0) is 32.0 Å². The minimum Gasteiger partial charge on any atom is -0.494 e.